The van der Waals surface area contributed by atoms with Gasteiger partial charge in [0.1, 0.15) is 6.04 Å². The number of rotatable bonds is 3. The van der Waals surface area contributed by atoms with E-state index in [0.717, 1.165) is 24.1 Å². The number of imide groups is 1. The molecule has 0 spiro atoms. The highest BCUT2D eigenvalue weighted by Crippen LogP contribution is 2.32. The Labute approximate surface area is 116 Å². The molecule has 2 amide bonds. The van der Waals surface area contributed by atoms with Crippen LogP contribution in [0.4, 0.5) is 5.69 Å². The molecule has 5 heteroatoms. The van der Waals surface area contributed by atoms with Crippen molar-refractivity contribution in [1.82, 2.24) is 4.90 Å². The van der Waals surface area contributed by atoms with E-state index in [1.807, 2.05) is 19.1 Å². The molecule has 2 fully saturated rings. The summed E-state index contributed by atoms with van der Waals surface area (Å²) in [7, 11) is 0. The van der Waals surface area contributed by atoms with Gasteiger partial charge in [-0.2, -0.15) is 0 Å². The molecule has 0 radical (unpaired) electrons. The SMILES string of the molecule is Cc1ccc(NC2CC(=O)N(C3CC3)C2=O)cc1Cl. The zero-order valence-electron chi connectivity index (χ0n) is 10.6. The number of nitrogens with one attached hydrogen (secondary N) is 1. The van der Waals surface area contributed by atoms with Gasteiger partial charge < -0.3 is 5.32 Å². The molecule has 0 bridgehead atoms. The Kier molecular flexibility index (Phi) is 2.97. The van der Waals surface area contributed by atoms with E-state index in [2.05, 4.69) is 5.32 Å². The van der Waals surface area contributed by atoms with Crippen molar-refractivity contribution in [3.8, 4) is 0 Å². The number of benzene rings is 1. The molecule has 2 aliphatic rings. The quantitative estimate of drug-likeness (QED) is 0.864. The topological polar surface area (TPSA) is 49.4 Å². The van der Waals surface area contributed by atoms with E-state index in [0.29, 0.717) is 5.02 Å². The van der Waals surface area contributed by atoms with Gasteiger partial charge in [-0.1, -0.05) is 17.7 Å². The molecule has 1 aliphatic carbocycles. The summed E-state index contributed by atoms with van der Waals surface area (Å²) >= 11 is 6.05. The Balaban J connectivity index is 1.74. The minimum atomic E-state index is -0.452. The Morgan fingerprint density at radius 3 is 2.68 bits per heavy atom. The second-order valence-corrected chi connectivity index (χ2v) is 5.61. The van der Waals surface area contributed by atoms with Crippen LogP contribution in [-0.2, 0) is 9.59 Å². The van der Waals surface area contributed by atoms with Gasteiger partial charge in [0.2, 0.25) is 5.91 Å². The van der Waals surface area contributed by atoms with Crippen LogP contribution in [-0.4, -0.2) is 28.8 Å². The molecule has 0 aromatic heterocycles. The first kappa shape index (κ1) is 12.5. The van der Waals surface area contributed by atoms with Gasteiger partial charge >= 0.3 is 0 Å². The summed E-state index contributed by atoms with van der Waals surface area (Å²) in [4.78, 5) is 25.4. The lowest BCUT2D eigenvalue weighted by atomic mass is 10.2. The van der Waals surface area contributed by atoms with Crippen molar-refractivity contribution < 1.29 is 9.59 Å². The average Bonchev–Trinajstić information content (AvgIpc) is 3.13. The van der Waals surface area contributed by atoms with Crippen LogP contribution in [0, 0.1) is 6.92 Å². The van der Waals surface area contributed by atoms with Crippen LogP contribution in [0.15, 0.2) is 18.2 Å². The standard InChI is InChI=1S/C14H15ClN2O2/c1-8-2-3-9(6-11(8)15)16-12-7-13(18)17(14(12)19)10-4-5-10/h2-3,6,10,12,16H,4-5,7H2,1H3. The van der Waals surface area contributed by atoms with Crippen LogP contribution in [0.1, 0.15) is 24.8 Å². The van der Waals surface area contributed by atoms with E-state index in [4.69, 9.17) is 11.6 Å². The molecule has 1 unspecified atom stereocenters. The van der Waals surface area contributed by atoms with E-state index < -0.39 is 6.04 Å². The van der Waals surface area contributed by atoms with Gasteiger partial charge in [0.05, 0.1) is 6.42 Å². The van der Waals surface area contributed by atoms with Crippen LogP contribution in [0.5, 0.6) is 0 Å². The molecule has 1 aromatic carbocycles. The lowest BCUT2D eigenvalue weighted by Gasteiger charge is -2.15. The van der Waals surface area contributed by atoms with Crippen molar-refractivity contribution in [3.05, 3.63) is 28.8 Å². The highest BCUT2D eigenvalue weighted by atomic mass is 35.5. The van der Waals surface area contributed by atoms with Gasteiger partial charge in [0.25, 0.3) is 5.91 Å². The molecule has 1 aliphatic heterocycles. The van der Waals surface area contributed by atoms with Gasteiger partial charge in [-0.3, -0.25) is 14.5 Å². The van der Waals surface area contributed by atoms with E-state index in [1.165, 1.54) is 4.90 Å². The Hall–Kier alpha value is -1.55. The van der Waals surface area contributed by atoms with Crippen LogP contribution in [0.25, 0.3) is 0 Å². The Morgan fingerprint density at radius 1 is 1.32 bits per heavy atom. The molecule has 100 valence electrons. The third kappa shape index (κ3) is 2.32. The van der Waals surface area contributed by atoms with Gasteiger partial charge in [-0.25, -0.2) is 0 Å². The minimum Gasteiger partial charge on any atom is -0.373 e. The number of anilines is 1. The van der Waals surface area contributed by atoms with Crippen molar-refractivity contribution in [2.45, 2.75) is 38.3 Å². The zero-order valence-corrected chi connectivity index (χ0v) is 11.4. The van der Waals surface area contributed by atoms with Crippen LogP contribution in [0.3, 0.4) is 0 Å². The summed E-state index contributed by atoms with van der Waals surface area (Å²) in [5.41, 5.74) is 1.76. The highest BCUT2D eigenvalue weighted by molar-refractivity contribution is 6.31. The van der Waals surface area contributed by atoms with Gasteiger partial charge in [-0.15, -0.1) is 0 Å². The van der Waals surface area contributed by atoms with E-state index in [9.17, 15) is 9.59 Å². The second-order valence-electron chi connectivity index (χ2n) is 5.20. The molecular formula is C14H15ClN2O2. The van der Waals surface area contributed by atoms with E-state index in [-0.39, 0.29) is 24.3 Å². The number of halogens is 1. The predicted octanol–water partition coefficient (Wildman–Crippen LogP) is 2.35. The fraction of sp³-hybridized carbons (Fsp3) is 0.429. The number of hydrogen-bond acceptors (Lipinski definition) is 3. The normalized spacial score (nSPS) is 23.1. The minimum absolute atomic E-state index is 0.0665. The molecular weight excluding hydrogens is 264 g/mol. The lowest BCUT2D eigenvalue weighted by Crippen LogP contribution is -2.36. The lowest BCUT2D eigenvalue weighted by molar-refractivity contribution is -0.139. The number of aryl methyl sites for hydroxylation is 1. The zero-order chi connectivity index (χ0) is 13.6. The third-order valence-corrected chi connectivity index (χ3v) is 4.01. The molecule has 19 heavy (non-hydrogen) atoms. The van der Waals surface area contributed by atoms with Crippen LogP contribution in [0.2, 0.25) is 5.02 Å². The van der Waals surface area contributed by atoms with Crippen molar-refractivity contribution in [2.75, 3.05) is 5.32 Å². The summed E-state index contributed by atoms with van der Waals surface area (Å²) < 4.78 is 0. The highest BCUT2D eigenvalue weighted by Gasteiger charge is 2.46. The first-order chi connectivity index (χ1) is 9.06. The summed E-state index contributed by atoms with van der Waals surface area (Å²) in [5, 5.41) is 3.76. The van der Waals surface area contributed by atoms with E-state index in [1.54, 1.807) is 6.07 Å². The fourth-order valence-corrected chi connectivity index (χ4v) is 2.54. The molecule has 1 atom stereocenters. The second kappa shape index (κ2) is 4.53. The van der Waals surface area contributed by atoms with Gasteiger partial charge in [0.15, 0.2) is 0 Å². The van der Waals surface area contributed by atoms with Gasteiger partial charge in [0, 0.05) is 16.8 Å². The van der Waals surface area contributed by atoms with Crippen molar-refractivity contribution in [1.29, 1.82) is 0 Å². The number of amides is 2. The largest absolute Gasteiger partial charge is 0.373 e. The van der Waals surface area contributed by atoms with Gasteiger partial charge in [-0.05, 0) is 37.5 Å². The molecule has 4 nitrogen and oxygen atoms in total. The first-order valence-corrected chi connectivity index (χ1v) is 6.82. The monoisotopic (exact) mass is 278 g/mol. The fourth-order valence-electron chi connectivity index (χ4n) is 2.36. The van der Waals surface area contributed by atoms with Crippen LogP contribution < -0.4 is 5.32 Å². The first-order valence-electron chi connectivity index (χ1n) is 6.45. The van der Waals surface area contributed by atoms with Crippen molar-refractivity contribution in [2.24, 2.45) is 0 Å². The molecule has 1 heterocycles. The molecule has 3 rings (SSSR count). The maximum Gasteiger partial charge on any atom is 0.252 e. The van der Waals surface area contributed by atoms with Crippen molar-refractivity contribution >= 4 is 29.1 Å². The number of hydrogen-bond donors (Lipinski definition) is 1. The third-order valence-electron chi connectivity index (χ3n) is 3.61. The van der Waals surface area contributed by atoms with E-state index >= 15 is 0 Å². The Bertz CT molecular complexity index is 554. The number of likely N-dealkylation sites (tertiary alicyclic amines) is 1. The summed E-state index contributed by atoms with van der Waals surface area (Å²) in [6.07, 6.45) is 2.13. The van der Waals surface area contributed by atoms with Crippen molar-refractivity contribution in [3.63, 3.8) is 0 Å². The summed E-state index contributed by atoms with van der Waals surface area (Å²) in [5.74, 6) is -0.174. The number of nitrogens with zero attached hydrogens (tertiary/aromatic N) is 1. The van der Waals surface area contributed by atoms with Crippen LogP contribution >= 0.6 is 11.6 Å². The summed E-state index contributed by atoms with van der Waals surface area (Å²) in [6.45, 7) is 1.92. The molecule has 1 saturated carbocycles. The average molecular weight is 279 g/mol. The number of carbonyl (C=O) groups excluding carboxylic acids is 2. The molecule has 1 aromatic rings. The molecule has 1 saturated heterocycles. The smallest absolute Gasteiger partial charge is 0.252 e. The Morgan fingerprint density at radius 2 is 2.05 bits per heavy atom. The molecule has 1 N–H and O–H groups in total. The maximum absolute atomic E-state index is 12.2. The summed E-state index contributed by atoms with van der Waals surface area (Å²) in [6, 6.07) is 5.25. The number of carbonyl (C=O) groups is 2. The predicted molar refractivity (Wildman–Crippen MR) is 73.1 cm³/mol. The maximum atomic E-state index is 12.2.